The van der Waals surface area contributed by atoms with E-state index in [9.17, 15) is 0 Å². The first-order chi connectivity index (χ1) is 10.7. The van der Waals surface area contributed by atoms with Crippen LogP contribution in [0.2, 0.25) is 0 Å². The first-order valence-corrected chi connectivity index (χ1v) is 8.37. The van der Waals surface area contributed by atoms with Crippen molar-refractivity contribution in [2.75, 3.05) is 25.5 Å². The molecule has 7 heteroatoms. The van der Waals surface area contributed by atoms with E-state index in [0.29, 0.717) is 11.9 Å². The summed E-state index contributed by atoms with van der Waals surface area (Å²) in [5, 5.41) is 6.78. The Balaban J connectivity index is 1.49. The third-order valence-electron chi connectivity index (χ3n) is 3.84. The Morgan fingerprint density at radius 3 is 2.86 bits per heavy atom. The zero-order chi connectivity index (χ0) is 15.4. The molecule has 2 aromatic heterocycles. The number of ether oxygens (including phenoxy) is 1. The van der Waals surface area contributed by atoms with E-state index in [1.54, 1.807) is 18.4 Å². The van der Waals surface area contributed by atoms with Gasteiger partial charge in [-0.2, -0.15) is 0 Å². The van der Waals surface area contributed by atoms with E-state index in [-0.39, 0.29) is 0 Å². The third-order valence-corrected chi connectivity index (χ3v) is 4.67. The summed E-state index contributed by atoms with van der Waals surface area (Å²) in [5.41, 5.74) is 1.19. The van der Waals surface area contributed by atoms with E-state index < -0.39 is 0 Å². The highest BCUT2D eigenvalue weighted by Crippen LogP contribution is 2.19. The fraction of sp³-hybridized carbons (Fsp3) is 0.533. The molecule has 6 nitrogen and oxygen atoms in total. The lowest BCUT2D eigenvalue weighted by Gasteiger charge is -2.32. The molecule has 3 heterocycles. The number of hydrogen-bond donors (Lipinski definition) is 1. The van der Waals surface area contributed by atoms with Gasteiger partial charge in [-0.05, 0) is 19.8 Å². The van der Waals surface area contributed by atoms with Gasteiger partial charge in [-0.15, -0.1) is 11.3 Å². The van der Waals surface area contributed by atoms with E-state index in [1.807, 2.05) is 6.07 Å². The molecule has 0 amide bonds. The van der Waals surface area contributed by atoms with Crippen molar-refractivity contribution in [2.24, 2.45) is 0 Å². The Kier molecular flexibility index (Phi) is 4.84. The van der Waals surface area contributed by atoms with Crippen LogP contribution in [0.4, 0.5) is 5.82 Å². The first-order valence-electron chi connectivity index (χ1n) is 7.49. The topological polar surface area (TPSA) is 63.2 Å². The van der Waals surface area contributed by atoms with Gasteiger partial charge < -0.3 is 10.1 Å². The number of likely N-dealkylation sites (tertiary alicyclic amines) is 1. The summed E-state index contributed by atoms with van der Waals surface area (Å²) >= 11 is 1.72. The number of hydrogen-bond acceptors (Lipinski definition) is 7. The van der Waals surface area contributed by atoms with Crippen LogP contribution in [0.25, 0.3) is 0 Å². The number of aromatic nitrogens is 3. The van der Waals surface area contributed by atoms with Gasteiger partial charge in [0.15, 0.2) is 0 Å². The zero-order valence-electron chi connectivity index (χ0n) is 13.0. The predicted octanol–water partition coefficient (Wildman–Crippen LogP) is 2.33. The molecule has 1 fully saturated rings. The molecule has 1 N–H and O–H groups in total. The van der Waals surface area contributed by atoms with E-state index in [4.69, 9.17) is 4.74 Å². The molecule has 0 spiro atoms. The molecule has 2 aromatic rings. The van der Waals surface area contributed by atoms with Crippen LogP contribution in [-0.4, -0.2) is 46.1 Å². The number of aryl methyl sites for hydroxylation is 1. The van der Waals surface area contributed by atoms with E-state index in [2.05, 4.69) is 37.5 Å². The minimum absolute atomic E-state index is 0.452. The van der Waals surface area contributed by atoms with Crippen molar-refractivity contribution in [2.45, 2.75) is 32.4 Å². The molecule has 0 saturated carbocycles. The molecule has 0 bridgehead atoms. The molecule has 118 valence electrons. The molecule has 0 radical (unpaired) electrons. The van der Waals surface area contributed by atoms with Crippen LogP contribution in [0.5, 0.6) is 5.88 Å². The fourth-order valence-electron chi connectivity index (χ4n) is 2.68. The number of nitrogens with zero attached hydrogens (tertiary/aromatic N) is 4. The second-order valence-electron chi connectivity index (χ2n) is 5.50. The lowest BCUT2D eigenvalue weighted by Crippen LogP contribution is -2.38. The Hall–Kier alpha value is -1.73. The first kappa shape index (κ1) is 15.2. The van der Waals surface area contributed by atoms with Gasteiger partial charge in [0.1, 0.15) is 12.1 Å². The zero-order valence-corrected chi connectivity index (χ0v) is 13.8. The van der Waals surface area contributed by atoms with Crippen LogP contribution in [0.1, 0.15) is 23.5 Å². The summed E-state index contributed by atoms with van der Waals surface area (Å²) in [6.45, 7) is 5.17. The molecule has 1 aliphatic rings. The molecule has 0 atom stereocenters. The van der Waals surface area contributed by atoms with Gasteiger partial charge in [-0.25, -0.2) is 15.0 Å². The highest BCUT2D eigenvalue weighted by molar-refractivity contribution is 7.09. The van der Waals surface area contributed by atoms with E-state index in [0.717, 1.165) is 43.3 Å². The van der Waals surface area contributed by atoms with Crippen molar-refractivity contribution in [3.63, 3.8) is 0 Å². The minimum Gasteiger partial charge on any atom is -0.481 e. The van der Waals surface area contributed by atoms with Gasteiger partial charge in [0, 0.05) is 37.1 Å². The number of methoxy groups -OCH3 is 1. The maximum absolute atomic E-state index is 5.12. The van der Waals surface area contributed by atoms with E-state index >= 15 is 0 Å². The van der Waals surface area contributed by atoms with Crippen LogP contribution >= 0.6 is 11.3 Å². The van der Waals surface area contributed by atoms with Crippen LogP contribution < -0.4 is 10.1 Å². The molecule has 0 aromatic carbocycles. The Morgan fingerprint density at radius 2 is 2.18 bits per heavy atom. The minimum atomic E-state index is 0.452. The highest BCUT2D eigenvalue weighted by atomic mass is 32.1. The molecular formula is C15H21N5OS. The second kappa shape index (κ2) is 7.02. The molecular weight excluding hydrogens is 298 g/mol. The summed E-state index contributed by atoms with van der Waals surface area (Å²) in [6.07, 6.45) is 3.74. The van der Waals surface area contributed by atoms with Crippen molar-refractivity contribution in [1.82, 2.24) is 19.9 Å². The average Bonchev–Trinajstić information content (AvgIpc) is 2.94. The third kappa shape index (κ3) is 3.92. The lowest BCUT2D eigenvalue weighted by atomic mass is 10.0. The number of rotatable bonds is 5. The van der Waals surface area contributed by atoms with Crippen LogP contribution in [0.3, 0.4) is 0 Å². The number of anilines is 1. The second-order valence-corrected chi connectivity index (χ2v) is 6.56. The summed E-state index contributed by atoms with van der Waals surface area (Å²) in [7, 11) is 1.62. The van der Waals surface area contributed by atoms with Crippen molar-refractivity contribution in [3.8, 4) is 5.88 Å². The normalized spacial score (nSPS) is 16.6. The molecule has 0 aliphatic carbocycles. The van der Waals surface area contributed by atoms with Gasteiger partial charge in [-0.3, -0.25) is 4.90 Å². The Morgan fingerprint density at radius 1 is 1.36 bits per heavy atom. The summed E-state index contributed by atoms with van der Waals surface area (Å²) < 4.78 is 5.12. The van der Waals surface area contributed by atoms with Crippen LogP contribution in [0, 0.1) is 6.92 Å². The fourth-order valence-corrected chi connectivity index (χ4v) is 3.29. The van der Waals surface area contributed by atoms with Gasteiger partial charge in [0.25, 0.3) is 0 Å². The van der Waals surface area contributed by atoms with Gasteiger partial charge in [0.2, 0.25) is 5.88 Å². The molecule has 22 heavy (non-hydrogen) atoms. The smallest absolute Gasteiger partial charge is 0.218 e. The maximum atomic E-state index is 5.12. The summed E-state index contributed by atoms with van der Waals surface area (Å²) in [6, 6.07) is 2.29. The Labute approximate surface area is 134 Å². The average molecular weight is 319 g/mol. The Bertz CT molecular complexity index is 609. The SMILES string of the molecule is COc1cc(NC2CCN(Cc3csc(C)n3)CC2)ncn1. The summed E-state index contributed by atoms with van der Waals surface area (Å²) in [4.78, 5) is 15.3. The number of thiazole rings is 1. The van der Waals surface area contributed by atoms with Crippen molar-refractivity contribution < 1.29 is 4.74 Å². The highest BCUT2D eigenvalue weighted by Gasteiger charge is 2.20. The molecule has 0 unspecified atom stereocenters. The van der Waals surface area contributed by atoms with E-state index in [1.165, 1.54) is 12.0 Å². The molecule has 1 saturated heterocycles. The largest absolute Gasteiger partial charge is 0.481 e. The number of nitrogens with one attached hydrogen (secondary N) is 1. The molecule has 1 aliphatic heterocycles. The van der Waals surface area contributed by atoms with Crippen LogP contribution in [-0.2, 0) is 6.54 Å². The predicted molar refractivity (Wildman–Crippen MR) is 87.4 cm³/mol. The van der Waals surface area contributed by atoms with Crippen molar-refractivity contribution in [3.05, 3.63) is 28.5 Å². The standard InChI is InChI=1S/C15H21N5OS/c1-11-18-13(9-22-11)8-20-5-3-12(4-6-20)19-14-7-15(21-2)17-10-16-14/h7,9-10,12H,3-6,8H2,1-2H3,(H,16,17,19). The quantitative estimate of drug-likeness (QED) is 0.912. The lowest BCUT2D eigenvalue weighted by molar-refractivity contribution is 0.209. The van der Waals surface area contributed by atoms with Crippen LogP contribution in [0.15, 0.2) is 17.8 Å². The van der Waals surface area contributed by atoms with Gasteiger partial charge in [0.05, 0.1) is 17.8 Å². The monoisotopic (exact) mass is 319 g/mol. The molecule has 3 rings (SSSR count). The van der Waals surface area contributed by atoms with Crippen molar-refractivity contribution in [1.29, 1.82) is 0 Å². The van der Waals surface area contributed by atoms with Gasteiger partial charge >= 0.3 is 0 Å². The summed E-state index contributed by atoms with van der Waals surface area (Å²) in [5.74, 6) is 1.43. The van der Waals surface area contributed by atoms with Gasteiger partial charge in [-0.1, -0.05) is 0 Å². The van der Waals surface area contributed by atoms with Crippen molar-refractivity contribution >= 4 is 17.2 Å². The number of piperidine rings is 1. The maximum Gasteiger partial charge on any atom is 0.218 e.